The van der Waals surface area contributed by atoms with Crippen LogP contribution in [0.15, 0.2) is 42.5 Å². The molecule has 2 heterocycles. The van der Waals surface area contributed by atoms with Gasteiger partial charge >= 0.3 is 0 Å². The Bertz CT molecular complexity index is 573. The maximum atomic E-state index is 11.9. The summed E-state index contributed by atoms with van der Waals surface area (Å²) in [7, 11) is 0. The van der Waals surface area contributed by atoms with Crippen molar-refractivity contribution in [3.05, 3.63) is 48.0 Å². The minimum Gasteiger partial charge on any atom is -0.353 e. The highest BCUT2D eigenvalue weighted by Gasteiger charge is 2.19. The van der Waals surface area contributed by atoms with Gasteiger partial charge in [-0.25, -0.2) is 0 Å². The Morgan fingerprint density at radius 3 is 2.70 bits per heavy atom. The van der Waals surface area contributed by atoms with Gasteiger partial charge in [-0.05, 0) is 88.2 Å². The summed E-state index contributed by atoms with van der Waals surface area (Å²) in [4.78, 5) is 14.5. The van der Waals surface area contributed by atoms with Crippen LogP contribution in [0.5, 0.6) is 0 Å². The second kappa shape index (κ2) is 11.3. The molecule has 2 N–H and O–H groups in total. The average Bonchev–Trinajstić information content (AvgIpc) is 2.74. The average molecular weight is 370 g/mol. The van der Waals surface area contributed by atoms with Crippen molar-refractivity contribution >= 4 is 5.91 Å². The quantitative estimate of drug-likeness (QED) is 0.546. The standard InChI is InChI=1S/C23H35N3O/c27-23(11-10-20-7-6-14-24-19-20)25-15-4-5-16-26-17-12-22(13-18-26)21-8-2-1-3-9-21/h1-3,8-11,20,22,24H,4-7,12-19H2,(H,25,27)/b11-10-. The smallest absolute Gasteiger partial charge is 0.243 e. The Kier molecular flexibility index (Phi) is 8.37. The zero-order valence-electron chi connectivity index (χ0n) is 16.5. The fraction of sp³-hybridized carbons (Fsp3) is 0.609. The molecular formula is C23H35N3O. The number of nitrogens with one attached hydrogen (secondary N) is 2. The van der Waals surface area contributed by atoms with Crippen LogP contribution < -0.4 is 10.6 Å². The molecule has 0 aromatic heterocycles. The number of likely N-dealkylation sites (tertiary alicyclic amines) is 1. The van der Waals surface area contributed by atoms with Crippen molar-refractivity contribution in [1.29, 1.82) is 0 Å². The molecular weight excluding hydrogens is 334 g/mol. The second-order valence-corrected chi connectivity index (χ2v) is 7.99. The van der Waals surface area contributed by atoms with Crippen LogP contribution in [-0.4, -0.2) is 50.1 Å². The summed E-state index contributed by atoms with van der Waals surface area (Å²) in [6.45, 7) is 6.45. The van der Waals surface area contributed by atoms with Crippen molar-refractivity contribution in [3.63, 3.8) is 0 Å². The lowest BCUT2D eigenvalue weighted by atomic mass is 9.89. The first-order chi connectivity index (χ1) is 13.3. The molecule has 0 bridgehead atoms. The topological polar surface area (TPSA) is 44.4 Å². The SMILES string of the molecule is O=C(/C=C\C1CCCNC1)NCCCCN1CCC(c2ccccc2)CC1. The third-order valence-electron chi connectivity index (χ3n) is 5.91. The van der Waals surface area contributed by atoms with Gasteiger partial charge in [-0.3, -0.25) is 4.79 Å². The van der Waals surface area contributed by atoms with E-state index in [2.05, 4.69) is 51.9 Å². The summed E-state index contributed by atoms with van der Waals surface area (Å²) in [6.07, 6.45) is 10.9. The molecule has 4 nitrogen and oxygen atoms in total. The molecule has 27 heavy (non-hydrogen) atoms. The van der Waals surface area contributed by atoms with Gasteiger partial charge in [0.25, 0.3) is 0 Å². The van der Waals surface area contributed by atoms with Crippen molar-refractivity contribution in [3.8, 4) is 0 Å². The van der Waals surface area contributed by atoms with Crippen LogP contribution in [-0.2, 0) is 4.79 Å². The molecule has 2 fully saturated rings. The first kappa shape index (κ1) is 20.1. The summed E-state index contributed by atoms with van der Waals surface area (Å²) < 4.78 is 0. The number of rotatable bonds is 8. The van der Waals surface area contributed by atoms with E-state index in [1.165, 1.54) is 44.3 Å². The largest absolute Gasteiger partial charge is 0.353 e. The molecule has 1 amide bonds. The normalized spacial score (nSPS) is 22.1. The van der Waals surface area contributed by atoms with Crippen molar-refractivity contribution in [1.82, 2.24) is 15.5 Å². The lowest BCUT2D eigenvalue weighted by molar-refractivity contribution is -0.116. The number of hydrogen-bond acceptors (Lipinski definition) is 3. The van der Waals surface area contributed by atoms with E-state index in [1.54, 1.807) is 6.08 Å². The number of piperidine rings is 2. The van der Waals surface area contributed by atoms with E-state index in [0.29, 0.717) is 5.92 Å². The summed E-state index contributed by atoms with van der Waals surface area (Å²) in [6, 6.07) is 10.9. The Morgan fingerprint density at radius 1 is 1.15 bits per heavy atom. The van der Waals surface area contributed by atoms with Crippen molar-refractivity contribution in [2.45, 2.75) is 44.4 Å². The van der Waals surface area contributed by atoms with Crippen LogP contribution in [0.3, 0.4) is 0 Å². The van der Waals surface area contributed by atoms with Crippen LogP contribution in [0.4, 0.5) is 0 Å². The number of benzene rings is 1. The van der Waals surface area contributed by atoms with Crippen molar-refractivity contribution in [2.24, 2.45) is 5.92 Å². The fourth-order valence-electron chi connectivity index (χ4n) is 4.21. The minimum atomic E-state index is 0.0595. The van der Waals surface area contributed by atoms with E-state index in [-0.39, 0.29) is 5.91 Å². The Hall–Kier alpha value is -1.65. The predicted molar refractivity (Wildman–Crippen MR) is 112 cm³/mol. The summed E-state index contributed by atoms with van der Waals surface area (Å²) in [5, 5.41) is 6.40. The van der Waals surface area contributed by atoms with Gasteiger partial charge < -0.3 is 15.5 Å². The second-order valence-electron chi connectivity index (χ2n) is 7.99. The number of nitrogens with zero attached hydrogens (tertiary/aromatic N) is 1. The van der Waals surface area contributed by atoms with Crippen LogP contribution in [0.2, 0.25) is 0 Å². The first-order valence-corrected chi connectivity index (χ1v) is 10.8. The zero-order valence-corrected chi connectivity index (χ0v) is 16.5. The maximum absolute atomic E-state index is 11.9. The van der Waals surface area contributed by atoms with E-state index >= 15 is 0 Å². The maximum Gasteiger partial charge on any atom is 0.243 e. The Labute approximate surface area is 164 Å². The molecule has 1 aromatic rings. The van der Waals surface area contributed by atoms with E-state index in [0.717, 1.165) is 44.9 Å². The zero-order chi connectivity index (χ0) is 18.7. The van der Waals surface area contributed by atoms with Gasteiger partial charge in [0.15, 0.2) is 0 Å². The molecule has 0 radical (unpaired) electrons. The number of unbranched alkanes of at least 4 members (excludes halogenated alkanes) is 1. The highest BCUT2D eigenvalue weighted by atomic mass is 16.1. The molecule has 0 saturated carbocycles. The van der Waals surface area contributed by atoms with Gasteiger partial charge in [0.05, 0.1) is 0 Å². The van der Waals surface area contributed by atoms with Crippen LogP contribution in [0.1, 0.15) is 50.0 Å². The van der Waals surface area contributed by atoms with Crippen LogP contribution in [0, 0.1) is 5.92 Å². The van der Waals surface area contributed by atoms with Crippen molar-refractivity contribution in [2.75, 3.05) is 39.3 Å². The molecule has 4 heteroatoms. The molecule has 2 saturated heterocycles. The van der Waals surface area contributed by atoms with E-state index in [1.807, 2.05) is 0 Å². The predicted octanol–water partition coefficient (Wildman–Crippen LogP) is 3.32. The highest BCUT2D eigenvalue weighted by Crippen LogP contribution is 2.27. The molecule has 3 rings (SSSR count). The van der Waals surface area contributed by atoms with Gasteiger partial charge in [-0.15, -0.1) is 0 Å². The van der Waals surface area contributed by atoms with Crippen molar-refractivity contribution < 1.29 is 4.79 Å². The molecule has 1 unspecified atom stereocenters. The molecule has 0 aliphatic carbocycles. The van der Waals surface area contributed by atoms with E-state index in [9.17, 15) is 4.79 Å². The third-order valence-corrected chi connectivity index (χ3v) is 5.91. The number of amides is 1. The van der Waals surface area contributed by atoms with Crippen LogP contribution >= 0.6 is 0 Å². The van der Waals surface area contributed by atoms with Gasteiger partial charge in [0, 0.05) is 13.1 Å². The number of carbonyl (C=O) groups is 1. The number of carbonyl (C=O) groups excluding carboxylic acids is 1. The first-order valence-electron chi connectivity index (χ1n) is 10.8. The highest BCUT2D eigenvalue weighted by molar-refractivity contribution is 5.87. The molecule has 0 spiro atoms. The molecule has 1 aromatic carbocycles. The number of hydrogen-bond donors (Lipinski definition) is 2. The van der Waals surface area contributed by atoms with Gasteiger partial charge in [-0.2, -0.15) is 0 Å². The molecule has 2 aliphatic heterocycles. The van der Waals surface area contributed by atoms with E-state index in [4.69, 9.17) is 0 Å². The summed E-state index contributed by atoms with van der Waals surface area (Å²) in [5.41, 5.74) is 1.50. The van der Waals surface area contributed by atoms with E-state index < -0.39 is 0 Å². The monoisotopic (exact) mass is 369 g/mol. The molecule has 1 atom stereocenters. The minimum absolute atomic E-state index is 0.0595. The Balaban J connectivity index is 1.22. The van der Waals surface area contributed by atoms with Gasteiger partial charge in [0.2, 0.25) is 5.91 Å². The fourth-order valence-corrected chi connectivity index (χ4v) is 4.21. The lowest BCUT2D eigenvalue weighted by Crippen LogP contribution is -2.34. The van der Waals surface area contributed by atoms with Crippen LogP contribution in [0.25, 0.3) is 0 Å². The Morgan fingerprint density at radius 2 is 1.96 bits per heavy atom. The molecule has 148 valence electrons. The third kappa shape index (κ3) is 7.11. The van der Waals surface area contributed by atoms with Gasteiger partial charge in [-0.1, -0.05) is 36.4 Å². The van der Waals surface area contributed by atoms with Gasteiger partial charge in [0.1, 0.15) is 0 Å². The lowest BCUT2D eigenvalue weighted by Gasteiger charge is -2.32. The summed E-state index contributed by atoms with van der Waals surface area (Å²) in [5.74, 6) is 1.31. The molecule has 2 aliphatic rings. The summed E-state index contributed by atoms with van der Waals surface area (Å²) >= 11 is 0.